The van der Waals surface area contributed by atoms with Gasteiger partial charge in [-0.05, 0) is 63.8 Å². The molecule has 1 aromatic heterocycles. The normalized spacial score (nSPS) is 11.0. The zero-order valence-electron chi connectivity index (χ0n) is 14.9. The number of rotatable bonds is 2. The molecule has 1 heterocycles. The summed E-state index contributed by atoms with van der Waals surface area (Å²) >= 11 is 0. The van der Waals surface area contributed by atoms with E-state index in [0.717, 1.165) is 0 Å². The summed E-state index contributed by atoms with van der Waals surface area (Å²) < 4.78 is 4.20. The molecule has 0 aliphatic carbocycles. The number of hydrogen-bond donors (Lipinski definition) is 0. The standard InChI is InChI=1S/C21H24N2/c1-14-9-16(3)20(17(4)10-14)22-7-8-23(13-22)21-18(5)11-15(2)12-19(21)6/h7-12H,1-6H3. The first kappa shape index (κ1) is 15.5. The summed E-state index contributed by atoms with van der Waals surface area (Å²) in [5.41, 5.74) is 10.1. The lowest BCUT2D eigenvalue weighted by Crippen LogP contribution is -2.30. The van der Waals surface area contributed by atoms with Gasteiger partial charge < -0.3 is 0 Å². The Kier molecular flexibility index (Phi) is 3.85. The van der Waals surface area contributed by atoms with Gasteiger partial charge in [0.05, 0.1) is 11.4 Å². The van der Waals surface area contributed by atoms with Gasteiger partial charge in [0.1, 0.15) is 0 Å². The van der Waals surface area contributed by atoms with Crippen LogP contribution in [0.2, 0.25) is 0 Å². The Bertz CT molecular complexity index is 767. The van der Waals surface area contributed by atoms with Crippen LogP contribution in [-0.4, -0.2) is 4.57 Å². The number of aromatic nitrogens is 2. The molecule has 2 nitrogen and oxygen atoms in total. The third-order valence-electron chi connectivity index (χ3n) is 4.33. The molecule has 118 valence electrons. The number of imidazole rings is 1. The van der Waals surface area contributed by atoms with E-state index in [1.807, 2.05) is 0 Å². The molecule has 23 heavy (non-hydrogen) atoms. The molecule has 3 rings (SSSR count). The average molecular weight is 304 g/mol. The Morgan fingerprint density at radius 3 is 1.74 bits per heavy atom. The molecule has 0 saturated carbocycles. The van der Waals surface area contributed by atoms with Crippen LogP contribution < -0.4 is 4.57 Å². The fraction of sp³-hybridized carbons (Fsp3) is 0.286. The summed E-state index contributed by atoms with van der Waals surface area (Å²) in [6, 6.07) is 8.90. The molecule has 0 spiro atoms. The maximum Gasteiger partial charge on any atom is 0.268 e. The summed E-state index contributed by atoms with van der Waals surface area (Å²) in [5, 5.41) is 0. The van der Waals surface area contributed by atoms with Crippen LogP contribution >= 0.6 is 0 Å². The topological polar surface area (TPSA) is 8.81 Å². The first-order valence-corrected chi connectivity index (χ1v) is 8.05. The average Bonchev–Trinajstić information content (AvgIpc) is 2.85. The monoisotopic (exact) mass is 304 g/mol. The molecular formula is C21H24N2. The minimum absolute atomic E-state index is 1.22. The van der Waals surface area contributed by atoms with E-state index in [4.69, 9.17) is 0 Å². The smallest absolute Gasteiger partial charge is 0.268 e. The van der Waals surface area contributed by atoms with Gasteiger partial charge in [-0.25, -0.2) is 0 Å². The van der Waals surface area contributed by atoms with Crippen LogP contribution in [0, 0.1) is 47.9 Å². The predicted octanol–water partition coefficient (Wildman–Crippen LogP) is 4.40. The maximum absolute atomic E-state index is 3.48. The third-order valence-corrected chi connectivity index (χ3v) is 4.33. The zero-order valence-corrected chi connectivity index (χ0v) is 14.9. The van der Waals surface area contributed by atoms with Gasteiger partial charge >= 0.3 is 0 Å². The van der Waals surface area contributed by atoms with E-state index >= 15 is 0 Å². The maximum atomic E-state index is 3.48. The van der Waals surface area contributed by atoms with Crippen LogP contribution in [0.15, 0.2) is 36.7 Å². The molecule has 0 unspecified atom stereocenters. The Labute approximate surface area is 139 Å². The van der Waals surface area contributed by atoms with E-state index in [9.17, 15) is 0 Å². The van der Waals surface area contributed by atoms with Gasteiger partial charge in [-0.1, -0.05) is 35.4 Å². The van der Waals surface area contributed by atoms with E-state index in [-0.39, 0.29) is 0 Å². The van der Waals surface area contributed by atoms with Crippen molar-refractivity contribution in [2.75, 3.05) is 0 Å². The molecule has 0 fully saturated rings. The minimum atomic E-state index is 1.22. The largest absolute Gasteiger partial charge is 0.298 e. The third kappa shape index (κ3) is 2.81. The Hall–Kier alpha value is -2.35. The first-order valence-electron chi connectivity index (χ1n) is 8.05. The lowest BCUT2D eigenvalue weighted by atomic mass is 10.0. The second-order valence-corrected chi connectivity index (χ2v) is 6.63. The molecule has 2 heteroatoms. The zero-order chi connectivity index (χ0) is 16.7. The van der Waals surface area contributed by atoms with E-state index in [1.165, 1.54) is 44.8 Å². The van der Waals surface area contributed by atoms with E-state index in [2.05, 4.69) is 93.7 Å². The number of benzene rings is 2. The van der Waals surface area contributed by atoms with Crippen LogP contribution in [0.25, 0.3) is 11.4 Å². The highest BCUT2D eigenvalue weighted by Crippen LogP contribution is 2.21. The molecule has 0 atom stereocenters. The molecule has 2 aromatic carbocycles. The Morgan fingerprint density at radius 2 is 1.22 bits per heavy atom. The van der Waals surface area contributed by atoms with Gasteiger partial charge in [0.2, 0.25) is 0 Å². The van der Waals surface area contributed by atoms with Gasteiger partial charge in [0, 0.05) is 12.4 Å². The van der Waals surface area contributed by atoms with Crippen molar-refractivity contribution in [1.29, 1.82) is 0 Å². The van der Waals surface area contributed by atoms with Gasteiger partial charge in [0.25, 0.3) is 6.33 Å². The second-order valence-electron chi connectivity index (χ2n) is 6.63. The van der Waals surface area contributed by atoms with Gasteiger partial charge in [-0.3, -0.25) is 9.13 Å². The number of aryl methyl sites for hydroxylation is 6. The van der Waals surface area contributed by atoms with Crippen LogP contribution in [0.4, 0.5) is 0 Å². The molecule has 0 bridgehead atoms. The number of nitrogens with zero attached hydrogens (tertiary/aromatic N) is 2. The van der Waals surface area contributed by atoms with E-state index in [0.29, 0.717) is 0 Å². The Morgan fingerprint density at radius 1 is 0.739 bits per heavy atom. The van der Waals surface area contributed by atoms with Crippen molar-refractivity contribution in [3.05, 3.63) is 76.4 Å². The van der Waals surface area contributed by atoms with Crippen LogP contribution in [0.3, 0.4) is 0 Å². The molecule has 0 aliphatic heterocycles. The number of hydrogen-bond acceptors (Lipinski definition) is 0. The highest BCUT2D eigenvalue weighted by molar-refractivity contribution is 5.49. The fourth-order valence-electron chi connectivity index (χ4n) is 3.67. The van der Waals surface area contributed by atoms with Crippen molar-refractivity contribution < 1.29 is 4.57 Å². The summed E-state index contributed by atoms with van der Waals surface area (Å²) in [4.78, 5) is 0. The SMILES string of the molecule is Cc1cc(C)c(-n2[c-][n+](-c3c(C)cc(C)cc3C)cc2)c(C)c1. The van der Waals surface area contributed by atoms with Crippen molar-refractivity contribution in [3.63, 3.8) is 0 Å². The lowest BCUT2D eigenvalue weighted by Gasteiger charge is -2.13. The Balaban J connectivity index is 2.13. The second kappa shape index (κ2) is 5.69. The van der Waals surface area contributed by atoms with Crippen LogP contribution in [0.5, 0.6) is 0 Å². The van der Waals surface area contributed by atoms with Gasteiger partial charge in [-0.15, -0.1) is 0 Å². The molecule has 0 aliphatic rings. The first-order chi connectivity index (χ1) is 10.9. The van der Waals surface area contributed by atoms with Crippen LogP contribution in [0.1, 0.15) is 33.4 Å². The van der Waals surface area contributed by atoms with Gasteiger partial charge in [0.15, 0.2) is 0 Å². The van der Waals surface area contributed by atoms with Crippen molar-refractivity contribution in [2.24, 2.45) is 0 Å². The quantitative estimate of drug-likeness (QED) is 0.490. The summed E-state index contributed by atoms with van der Waals surface area (Å²) in [5.74, 6) is 0. The summed E-state index contributed by atoms with van der Waals surface area (Å²) in [6.07, 6.45) is 7.65. The van der Waals surface area contributed by atoms with Crippen molar-refractivity contribution in [1.82, 2.24) is 4.57 Å². The lowest BCUT2D eigenvalue weighted by molar-refractivity contribution is -0.600. The minimum Gasteiger partial charge on any atom is -0.298 e. The molecule has 0 amide bonds. The molecule has 0 radical (unpaired) electrons. The summed E-state index contributed by atoms with van der Waals surface area (Å²) in [7, 11) is 0. The molecule has 0 saturated heterocycles. The van der Waals surface area contributed by atoms with Crippen molar-refractivity contribution in [3.8, 4) is 11.4 Å². The van der Waals surface area contributed by atoms with E-state index in [1.54, 1.807) is 0 Å². The van der Waals surface area contributed by atoms with Crippen molar-refractivity contribution in [2.45, 2.75) is 41.5 Å². The van der Waals surface area contributed by atoms with Gasteiger partial charge in [-0.2, -0.15) is 0 Å². The summed E-state index contributed by atoms with van der Waals surface area (Å²) in [6.45, 7) is 12.9. The van der Waals surface area contributed by atoms with E-state index < -0.39 is 0 Å². The molecule has 3 aromatic rings. The fourth-order valence-corrected chi connectivity index (χ4v) is 3.67. The van der Waals surface area contributed by atoms with Crippen LogP contribution in [-0.2, 0) is 0 Å². The highest BCUT2D eigenvalue weighted by atomic mass is 15.1. The highest BCUT2D eigenvalue weighted by Gasteiger charge is 2.11. The van der Waals surface area contributed by atoms with Crippen molar-refractivity contribution >= 4 is 0 Å². The molecule has 0 N–H and O–H groups in total. The molecular weight excluding hydrogens is 280 g/mol. The predicted molar refractivity (Wildman–Crippen MR) is 94.6 cm³/mol.